The normalized spacial score (nSPS) is 9.73. The Morgan fingerprint density at radius 2 is 1.93 bits per heavy atom. The Hall–Kier alpha value is -1.53. The van der Waals surface area contributed by atoms with Gasteiger partial charge in [-0.2, -0.15) is 5.26 Å². The molecule has 3 heteroatoms. The average Bonchev–Trinajstić information content (AvgIpc) is 2.22. The Bertz CT molecular complexity index is 357. The van der Waals surface area contributed by atoms with Crippen molar-refractivity contribution < 1.29 is 4.74 Å². The van der Waals surface area contributed by atoms with Crippen LogP contribution in [0.3, 0.4) is 0 Å². The Labute approximate surface area is 90.7 Å². The minimum Gasteiger partial charge on any atom is -0.492 e. The second kappa shape index (κ2) is 5.38. The number of rotatable bonds is 4. The van der Waals surface area contributed by atoms with Gasteiger partial charge in [-0.25, -0.2) is 0 Å². The molecule has 0 bridgehead atoms. The van der Waals surface area contributed by atoms with E-state index in [2.05, 4.69) is 11.4 Å². The lowest BCUT2D eigenvalue weighted by Gasteiger charge is -2.12. The van der Waals surface area contributed by atoms with Crippen molar-refractivity contribution >= 4 is 0 Å². The van der Waals surface area contributed by atoms with Gasteiger partial charge in [0.25, 0.3) is 0 Å². The smallest absolute Gasteiger partial charge is 0.125 e. The lowest BCUT2D eigenvalue weighted by atomic mass is 10.1. The molecule has 0 saturated carbocycles. The van der Waals surface area contributed by atoms with Crippen LogP contribution in [0, 0.1) is 25.2 Å². The van der Waals surface area contributed by atoms with Gasteiger partial charge in [0, 0.05) is 6.54 Å². The molecule has 1 aromatic rings. The number of nitriles is 1. The molecule has 0 spiro atoms. The van der Waals surface area contributed by atoms with Crippen LogP contribution < -0.4 is 10.1 Å². The maximum Gasteiger partial charge on any atom is 0.125 e. The molecule has 0 aliphatic rings. The zero-order valence-electron chi connectivity index (χ0n) is 9.42. The molecule has 0 unspecified atom stereocenters. The molecule has 0 atom stereocenters. The molecular formula is C12H16N2O. The topological polar surface area (TPSA) is 45.0 Å². The van der Waals surface area contributed by atoms with E-state index in [1.807, 2.05) is 33.0 Å². The molecule has 0 heterocycles. The summed E-state index contributed by atoms with van der Waals surface area (Å²) in [5.74, 6) is 0.893. The lowest BCUT2D eigenvalue weighted by molar-refractivity contribution is 0.314. The van der Waals surface area contributed by atoms with Gasteiger partial charge in [-0.15, -0.1) is 0 Å². The van der Waals surface area contributed by atoms with Crippen LogP contribution in [0.2, 0.25) is 0 Å². The Kier molecular flexibility index (Phi) is 4.14. The highest BCUT2D eigenvalue weighted by Gasteiger charge is 2.05. The first-order valence-electron chi connectivity index (χ1n) is 4.97. The van der Waals surface area contributed by atoms with Gasteiger partial charge in [-0.3, -0.25) is 0 Å². The van der Waals surface area contributed by atoms with E-state index in [4.69, 9.17) is 10.00 Å². The molecule has 1 rings (SSSR count). The molecule has 3 nitrogen and oxygen atoms in total. The van der Waals surface area contributed by atoms with Crippen LogP contribution >= 0.6 is 0 Å². The van der Waals surface area contributed by atoms with Gasteiger partial charge in [0.15, 0.2) is 0 Å². The minimum absolute atomic E-state index is 0.643. The van der Waals surface area contributed by atoms with E-state index in [0.29, 0.717) is 12.2 Å². The monoisotopic (exact) mass is 204 g/mol. The molecule has 0 radical (unpaired) electrons. The summed E-state index contributed by atoms with van der Waals surface area (Å²) >= 11 is 0. The molecule has 0 saturated heterocycles. The molecule has 0 fully saturated rings. The molecule has 0 aromatic heterocycles. The first kappa shape index (κ1) is 11.5. The van der Waals surface area contributed by atoms with Crippen molar-refractivity contribution in [1.29, 1.82) is 5.26 Å². The van der Waals surface area contributed by atoms with Crippen molar-refractivity contribution in [3.05, 3.63) is 28.8 Å². The molecule has 0 aliphatic carbocycles. The van der Waals surface area contributed by atoms with E-state index < -0.39 is 0 Å². The Balaban J connectivity index is 2.85. The van der Waals surface area contributed by atoms with Crippen molar-refractivity contribution in [3.8, 4) is 11.8 Å². The summed E-state index contributed by atoms with van der Waals surface area (Å²) in [5, 5.41) is 11.8. The highest BCUT2D eigenvalue weighted by atomic mass is 16.5. The summed E-state index contributed by atoms with van der Waals surface area (Å²) in [6, 6.07) is 5.83. The fourth-order valence-corrected chi connectivity index (χ4v) is 1.50. The number of nitrogens with one attached hydrogen (secondary N) is 1. The van der Waals surface area contributed by atoms with Gasteiger partial charge in [-0.1, -0.05) is 0 Å². The Morgan fingerprint density at radius 1 is 1.33 bits per heavy atom. The number of benzene rings is 1. The van der Waals surface area contributed by atoms with Gasteiger partial charge < -0.3 is 10.1 Å². The van der Waals surface area contributed by atoms with Gasteiger partial charge in [0.05, 0.1) is 11.6 Å². The van der Waals surface area contributed by atoms with Gasteiger partial charge >= 0.3 is 0 Å². The Morgan fingerprint density at radius 3 is 2.40 bits per heavy atom. The van der Waals surface area contributed by atoms with E-state index in [-0.39, 0.29) is 0 Å². The molecule has 80 valence electrons. The van der Waals surface area contributed by atoms with Crippen molar-refractivity contribution in [2.24, 2.45) is 0 Å². The number of likely N-dealkylation sites (N-methyl/N-ethyl adjacent to an activating group) is 1. The van der Waals surface area contributed by atoms with Crippen LogP contribution in [-0.2, 0) is 0 Å². The van der Waals surface area contributed by atoms with Gasteiger partial charge in [-0.05, 0) is 44.2 Å². The standard InChI is InChI=1S/C12H16N2O/c1-9-6-11(8-13)7-10(2)12(9)15-5-4-14-3/h6-7,14H,4-5H2,1-3H3. The predicted octanol–water partition coefficient (Wildman–Crippen LogP) is 1.77. The minimum atomic E-state index is 0.643. The zero-order chi connectivity index (χ0) is 11.3. The zero-order valence-corrected chi connectivity index (χ0v) is 9.42. The van der Waals surface area contributed by atoms with Crippen molar-refractivity contribution in [2.75, 3.05) is 20.2 Å². The summed E-state index contributed by atoms with van der Waals surface area (Å²) < 4.78 is 5.64. The van der Waals surface area contributed by atoms with E-state index >= 15 is 0 Å². The summed E-state index contributed by atoms with van der Waals surface area (Å²) in [7, 11) is 1.89. The van der Waals surface area contributed by atoms with E-state index in [1.54, 1.807) is 0 Å². The predicted molar refractivity (Wildman–Crippen MR) is 60.1 cm³/mol. The SMILES string of the molecule is CNCCOc1c(C)cc(C#N)cc1C. The third kappa shape index (κ3) is 2.97. The number of hydrogen-bond donors (Lipinski definition) is 1. The van der Waals surface area contributed by atoms with Gasteiger partial charge in [0.2, 0.25) is 0 Å². The number of hydrogen-bond acceptors (Lipinski definition) is 3. The van der Waals surface area contributed by atoms with Crippen molar-refractivity contribution in [3.63, 3.8) is 0 Å². The second-order valence-electron chi connectivity index (χ2n) is 3.50. The number of aryl methyl sites for hydroxylation is 2. The van der Waals surface area contributed by atoms with Crippen LogP contribution in [-0.4, -0.2) is 20.2 Å². The summed E-state index contributed by atoms with van der Waals surface area (Å²) in [6.07, 6.45) is 0. The van der Waals surface area contributed by atoms with Crippen LogP contribution in [0.5, 0.6) is 5.75 Å². The summed E-state index contributed by atoms with van der Waals surface area (Å²) in [5.41, 5.74) is 2.72. The molecule has 1 aromatic carbocycles. The van der Waals surface area contributed by atoms with E-state index in [9.17, 15) is 0 Å². The first-order valence-corrected chi connectivity index (χ1v) is 4.97. The molecule has 0 aliphatic heterocycles. The summed E-state index contributed by atoms with van der Waals surface area (Å²) in [6.45, 7) is 5.38. The fourth-order valence-electron chi connectivity index (χ4n) is 1.50. The average molecular weight is 204 g/mol. The second-order valence-corrected chi connectivity index (χ2v) is 3.50. The van der Waals surface area contributed by atoms with Gasteiger partial charge in [0.1, 0.15) is 12.4 Å². The van der Waals surface area contributed by atoms with E-state index in [0.717, 1.165) is 23.4 Å². The quantitative estimate of drug-likeness (QED) is 0.760. The molecule has 15 heavy (non-hydrogen) atoms. The van der Waals surface area contributed by atoms with Crippen LogP contribution in [0.4, 0.5) is 0 Å². The van der Waals surface area contributed by atoms with Crippen molar-refractivity contribution in [1.82, 2.24) is 5.32 Å². The third-order valence-electron chi connectivity index (χ3n) is 2.19. The fraction of sp³-hybridized carbons (Fsp3) is 0.417. The highest BCUT2D eigenvalue weighted by Crippen LogP contribution is 2.24. The molecular weight excluding hydrogens is 188 g/mol. The highest BCUT2D eigenvalue weighted by molar-refractivity contribution is 5.47. The largest absolute Gasteiger partial charge is 0.492 e. The third-order valence-corrected chi connectivity index (χ3v) is 2.19. The lowest BCUT2D eigenvalue weighted by Crippen LogP contribution is -2.16. The van der Waals surface area contributed by atoms with Crippen molar-refractivity contribution in [2.45, 2.75) is 13.8 Å². The maximum atomic E-state index is 8.79. The van der Waals surface area contributed by atoms with Crippen LogP contribution in [0.15, 0.2) is 12.1 Å². The van der Waals surface area contributed by atoms with Crippen LogP contribution in [0.25, 0.3) is 0 Å². The summed E-state index contributed by atoms with van der Waals surface area (Å²) in [4.78, 5) is 0. The number of nitrogens with zero attached hydrogens (tertiary/aromatic N) is 1. The van der Waals surface area contributed by atoms with E-state index in [1.165, 1.54) is 0 Å². The van der Waals surface area contributed by atoms with Crippen LogP contribution in [0.1, 0.15) is 16.7 Å². The first-order chi connectivity index (χ1) is 7.19. The molecule has 1 N–H and O–H groups in total. The number of ether oxygens (including phenoxy) is 1. The molecule has 0 amide bonds. The maximum absolute atomic E-state index is 8.79.